The first kappa shape index (κ1) is 48.2. The van der Waals surface area contributed by atoms with Gasteiger partial charge in [-0.3, -0.25) is 29.2 Å². The van der Waals surface area contributed by atoms with Crippen LogP contribution in [0.25, 0.3) is 33.3 Å². The number of aryl methyl sites for hydroxylation is 1. The number of amides is 5. The van der Waals surface area contributed by atoms with Gasteiger partial charge in [-0.15, -0.1) is 0 Å². The van der Waals surface area contributed by atoms with Gasteiger partial charge in [-0.25, -0.2) is 10.2 Å². The van der Waals surface area contributed by atoms with Crippen LogP contribution < -0.4 is 16.1 Å². The number of aromatic nitrogens is 2. The summed E-state index contributed by atoms with van der Waals surface area (Å²) in [5.74, 6) is -1.62. The van der Waals surface area contributed by atoms with Crippen molar-refractivity contribution in [1.82, 2.24) is 45.3 Å². The fourth-order valence-electron chi connectivity index (χ4n) is 9.95. The standard InChI is InChI=1S/C51H65N9O8/c1-9-59-42-15-14-33-26-37(42)38(45(59)36-12-10-16-52-43(36)31(4)67-8)27-51(5,6)29-68-49(65)39-13-11-17-60(55-39)48(64)40(24-32-22-34(33)25-35(61)23-32)54-46(62)44(30(2)3)56(7)50(66)58-20-18-57(19-21-58)47(63)41-28-53-41/h10,12,14-16,22-23,25-26,31,39-41,44,53,55,61H,2,9,11,13,17-21,24,27-29H2,1,3-8H3,(H,54,62)/t31-,39-,40-,41+,44-/m0/s1. The number of pyridine rings is 1. The Hall–Kier alpha value is -6.30. The van der Waals surface area contributed by atoms with Crippen LogP contribution in [-0.4, -0.2) is 148 Å². The molecule has 0 spiro atoms. The number of hydrazine groups is 1. The molecule has 3 fully saturated rings. The number of fused-ring (bicyclic) bond motifs is 6. The van der Waals surface area contributed by atoms with Crippen molar-refractivity contribution in [2.24, 2.45) is 5.41 Å². The molecule has 4 aromatic rings. The molecule has 2 aromatic carbocycles. The quantitative estimate of drug-likeness (QED) is 0.104. The second kappa shape index (κ2) is 19.7. The SMILES string of the molecule is C=C(C)[C@@H](C(=O)N[C@H]1Cc2cc(O)cc(c2)-c2ccc3c(c2)c(c(-c2cccnc2[C@H](C)OC)n3CC)CC(C)(C)COC(=O)[C@@H]2CCCN(N2)C1=O)N(C)C(=O)N1CCN(C(=O)[C@H]2CN2)CC1. The Morgan fingerprint density at radius 3 is 2.49 bits per heavy atom. The van der Waals surface area contributed by atoms with Gasteiger partial charge in [-0.2, -0.15) is 0 Å². The second-order valence-corrected chi connectivity index (χ2v) is 19.4. The number of nitrogens with one attached hydrogen (secondary N) is 3. The Balaban J connectivity index is 1.16. The number of aromatic hydroxyl groups is 1. The van der Waals surface area contributed by atoms with Crippen LogP contribution in [0.3, 0.4) is 0 Å². The summed E-state index contributed by atoms with van der Waals surface area (Å²) >= 11 is 0. The average molecular weight is 932 g/mol. The van der Waals surface area contributed by atoms with Gasteiger partial charge < -0.3 is 44.5 Å². The van der Waals surface area contributed by atoms with Crippen molar-refractivity contribution in [3.8, 4) is 28.1 Å². The van der Waals surface area contributed by atoms with Crippen molar-refractivity contribution in [3.05, 3.63) is 83.7 Å². The van der Waals surface area contributed by atoms with Gasteiger partial charge in [0.2, 0.25) is 11.8 Å². The van der Waals surface area contributed by atoms with E-state index < -0.39 is 47.4 Å². The average Bonchev–Trinajstić information content (AvgIpc) is 4.14. The highest BCUT2D eigenvalue weighted by Crippen LogP contribution is 2.42. The third-order valence-electron chi connectivity index (χ3n) is 13.7. The topological polar surface area (TPSA) is 201 Å². The molecule has 0 radical (unpaired) electrons. The summed E-state index contributed by atoms with van der Waals surface area (Å²) in [6, 6.07) is 11.6. The number of urea groups is 1. The number of ether oxygens (including phenoxy) is 2. The summed E-state index contributed by atoms with van der Waals surface area (Å²) in [4.78, 5) is 79.3. The maximum absolute atomic E-state index is 14.7. The molecule has 17 heteroatoms. The van der Waals surface area contributed by atoms with Gasteiger partial charge >= 0.3 is 12.0 Å². The van der Waals surface area contributed by atoms with E-state index in [9.17, 15) is 29.1 Å². The van der Waals surface area contributed by atoms with Crippen molar-refractivity contribution in [2.45, 2.75) is 97.1 Å². The second-order valence-electron chi connectivity index (χ2n) is 19.4. The zero-order chi connectivity index (χ0) is 48.6. The van der Waals surface area contributed by atoms with Crippen LogP contribution in [0, 0.1) is 5.41 Å². The van der Waals surface area contributed by atoms with Crippen LogP contribution in [0.5, 0.6) is 5.75 Å². The Labute approximate surface area is 397 Å². The molecule has 0 unspecified atom stereocenters. The van der Waals surface area contributed by atoms with Gasteiger partial charge in [0.05, 0.1) is 30.1 Å². The molecule has 0 saturated carbocycles. The first-order chi connectivity index (χ1) is 32.5. The number of likely N-dealkylation sites (N-methyl/N-ethyl adjacent to an activating group) is 1. The maximum atomic E-state index is 14.7. The third-order valence-corrected chi connectivity index (χ3v) is 13.7. The molecule has 68 heavy (non-hydrogen) atoms. The number of benzene rings is 2. The third kappa shape index (κ3) is 9.96. The molecule has 8 rings (SSSR count). The van der Waals surface area contributed by atoms with E-state index in [0.29, 0.717) is 75.2 Å². The van der Waals surface area contributed by atoms with Gasteiger partial charge in [0.1, 0.15) is 23.9 Å². The number of hydrogen-bond acceptors (Lipinski definition) is 11. The lowest BCUT2D eigenvalue weighted by molar-refractivity contribution is -0.155. The van der Waals surface area contributed by atoms with E-state index in [1.807, 2.05) is 25.1 Å². The highest BCUT2D eigenvalue weighted by atomic mass is 16.5. The number of esters is 1. The molecule has 5 amide bonds. The van der Waals surface area contributed by atoms with Crippen LogP contribution in [0.1, 0.15) is 70.4 Å². The minimum absolute atomic E-state index is 0.0211. The smallest absolute Gasteiger partial charge is 0.324 e. The molecule has 6 bridgehead atoms. The molecule has 4 aliphatic rings. The number of cyclic esters (lactones) is 1. The summed E-state index contributed by atoms with van der Waals surface area (Å²) < 4.78 is 14.2. The van der Waals surface area contributed by atoms with Gasteiger partial charge in [0, 0.05) is 94.5 Å². The summed E-state index contributed by atoms with van der Waals surface area (Å²) in [6.45, 7) is 17.0. The van der Waals surface area contributed by atoms with E-state index in [0.717, 1.165) is 39.0 Å². The molecule has 0 aliphatic carbocycles. The lowest BCUT2D eigenvalue weighted by Gasteiger charge is -2.39. The highest BCUT2D eigenvalue weighted by Gasteiger charge is 2.40. The normalized spacial score (nSPS) is 21.6. The highest BCUT2D eigenvalue weighted by molar-refractivity contribution is 5.96. The number of nitrogens with zero attached hydrogens (tertiary/aromatic N) is 6. The maximum Gasteiger partial charge on any atom is 0.324 e. The Bertz CT molecular complexity index is 2610. The minimum Gasteiger partial charge on any atom is -0.508 e. The fraction of sp³-hybridized carbons (Fsp3) is 0.490. The minimum atomic E-state index is -1.20. The van der Waals surface area contributed by atoms with Gasteiger partial charge in [0.25, 0.3) is 5.91 Å². The number of carbonyl (C=O) groups excluding carboxylic acids is 5. The van der Waals surface area contributed by atoms with Crippen molar-refractivity contribution in [1.29, 1.82) is 0 Å². The Morgan fingerprint density at radius 2 is 1.79 bits per heavy atom. The molecule has 5 atom stereocenters. The van der Waals surface area contributed by atoms with Crippen LogP contribution in [-0.2, 0) is 48.0 Å². The Kier molecular flexibility index (Phi) is 14.0. The van der Waals surface area contributed by atoms with Crippen molar-refractivity contribution >= 4 is 40.6 Å². The van der Waals surface area contributed by atoms with E-state index in [1.165, 1.54) is 17.0 Å². The summed E-state index contributed by atoms with van der Waals surface area (Å²) in [5.41, 5.74) is 9.84. The number of piperazine rings is 1. The van der Waals surface area contributed by atoms with Crippen LogP contribution in [0.4, 0.5) is 4.79 Å². The molecule has 362 valence electrons. The predicted octanol–water partition coefficient (Wildman–Crippen LogP) is 4.56. The number of methoxy groups -OCH3 is 1. The van der Waals surface area contributed by atoms with Gasteiger partial charge in [-0.1, -0.05) is 32.6 Å². The summed E-state index contributed by atoms with van der Waals surface area (Å²) in [6.07, 6.45) is 2.91. The molecule has 6 heterocycles. The van der Waals surface area contributed by atoms with Gasteiger partial charge in [-0.05, 0) is 104 Å². The van der Waals surface area contributed by atoms with E-state index in [4.69, 9.17) is 14.5 Å². The molecule has 17 nitrogen and oxygen atoms in total. The zero-order valence-corrected chi connectivity index (χ0v) is 40.3. The summed E-state index contributed by atoms with van der Waals surface area (Å²) in [7, 11) is 3.20. The van der Waals surface area contributed by atoms with Crippen LogP contribution in [0.2, 0.25) is 0 Å². The molecule has 2 aromatic heterocycles. The molecular weight excluding hydrogens is 867 g/mol. The van der Waals surface area contributed by atoms with E-state index in [2.05, 4.69) is 66.2 Å². The number of phenols is 1. The first-order valence-corrected chi connectivity index (χ1v) is 23.7. The molecule has 4 N–H and O–H groups in total. The first-order valence-electron chi connectivity index (χ1n) is 23.7. The Morgan fingerprint density at radius 1 is 1.06 bits per heavy atom. The van der Waals surface area contributed by atoms with Gasteiger partial charge in [0.15, 0.2) is 0 Å². The lowest BCUT2D eigenvalue weighted by Crippen LogP contribution is -2.62. The molecule has 3 saturated heterocycles. The number of hydrogen-bond donors (Lipinski definition) is 4. The largest absolute Gasteiger partial charge is 0.508 e. The lowest BCUT2D eigenvalue weighted by atomic mass is 9.84. The predicted molar refractivity (Wildman–Crippen MR) is 257 cm³/mol. The summed E-state index contributed by atoms with van der Waals surface area (Å²) in [5, 5.41) is 19.7. The number of rotatable bonds is 9. The van der Waals surface area contributed by atoms with Crippen LogP contribution in [0.15, 0.2) is 66.9 Å². The number of phenolic OH excluding ortho intramolecular Hbond substituents is 1. The van der Waals surface area contributed by atoms with E-state index in [-0.39, 0.29) is 43.4 Å². The van der Waals surface area contributed by atoms with Crippen molar-refractivity contribution in [2.75, 3.05) is 60.0 Å². The van der Waals surface area contributed by atoms with E-state index >= 15 is 0 Å². The van der Waals surface area contributed by atoms with Crippen LogP contribution >= 0.6 is 0 Å². The number of carbonyl (C=O) groups is 5. The van der Waals surface area contributed by atoms with Crippen molar-refractivity contribution < 1.29 is 38.6 Å². The fourth-order valence-corrected chi connectivity index (χ4v) is 9.95. The van der Waals surface area contributed by atoms with E-state index in [1.54, 1.807) is 42.2 Å². The monoisotopic (exact) mass is 931 g/mol. The van der Waals surface area contributed by atoms with Crippen molar-refractivity contribution in [3.63, 3.8) is 0 Å². The molecular formula is C51H65N9O8. The zero-order valence-electron chi connectivity index (χ0n) is 40.3. The molecule has 4 aliphatic heterocycles.